The number of hydrogen-bond donors (Lipinski definition) is 2. The lowest BCUT2D eigenvalue weighted by atomic mass is 10.1. The van der Waals surface area contributed by atoms with Gasteiger partial charge in [0.25, 0.3) is 5.91 Å². The number of aryl methyl sites for hydroxylation is 1. The van der Waals surface area contributed by atoms with Crippen molar-refractivity contribution in [1.82, 2.24) is 10.3 Å². The zero-order valence-electron chi connectivity index (χ0n) is 11.9. The molecule has 2 heterocycles. The Morgan fingerprint density at radius 3 is 2.85 bits per heavy atom. The molecule has 2 N–H and O–H groups in total. The Morgan fingerprint density at radius 1 is 1.40 bits per heavy atom. The van der Waals surface area contributed by atoms with Crippen molar-refractivity contribution in [2.24, 2.45) is 0 Å². The molecule has 0 aliphatic rings. The van der Waals surface area contributed by atoms with E-state index in [-0.39, 0.29) is 11.9 Å². The van der Waals surface area contributed by atoms with E-state index in [0.717, 1.165) is 6.42 Å². The fourth-order valence-electron chi connectivity index (χ4n) is 2.04. The highest BCUT2D eigenvalue weighted by Crippen LogP contribution is 2.17. The number of amides is 1. The zero-order chi connectivity index (χ0) is 14.5. The Labute approximate surface area is 123 Å². The number of pyridine rings is 1. The van der Waals surface area contributed by atoms with Crippen LogP contribution in [0.5, 0.6) is 0 Å². The monoisotopic (exact) mass is 289 g/mol. The Morgan fingerprint density at radius 2 is 2.20 bits per heavy atom. The molecule has 106 valence electrons. The number of aromatic nitrogens is 1. The van der Waals surface area contributed by atoms with E-state index in [2.05, 4.69) is 34.7 Å². The van der Waals surface area contributed by atoms with E-state index in [4.69, 9.17) is 0 Å². The van der Waals surface area contributed by atoms with E-state index in [1.807, 2.05) is 6.92 Å². The van der Waals surface area contributed by atoms with Gasteiger partial charge in [-0.05, 0) is 38.1 Å². The summed E-state index contributed by atoms with van der Waals surface area (Å²) in [5.41, 5.74) is 0.573. The molecule has 0 saturated heterocycles. The highest BCUT2D eigenvalue weighted by molar-refractivity contribution is 7.11. The van der Waals surface area contributed by atoms with Crippen LogP contribution in [0.1, 0.15) is 27.0 Å². The molecule has 20 heavy (non-hydrogen) atoms. The standard InChI is InChI=1S/C15H19N3OS/c1-10(9-12-7-6-11(2)20-12)18-15(19)13-5-4-8-17-14(13)16-3/h4-8,10H,9H2,1-3H3,(H,16,17)(H,18,19). The van der Waals surface area contributed by atoms with Gasteiger partial charge in [0.15, 0.2) is 0 Å². The molecule has 1 amide bonds. The molecule has 2 aromatic rings. The molecule has 1 atom stereocenters. The zero-order valence-corrected chi connectivity index (χ0v) is 12.8. The number of carbonyl (C=O) groups is 1. The first-order valence-electron chi connectivity index (χ1n) is 6.59. The van der Waals surface area contributed by atoms with Crippen LogP contribution in [0.2, 0.25) is 0 Å². The third kappa shape index (κ3) is 3.57. The molecule has 0 radical (unpaired) electrons. The Bertz CT molecular complexity index is 594. The van der Waals surface area contributed by atoms with Crippen LogP contribution in [0.25, 0.3) is 0 Å². The van der Waals surface area contributed by atoms with Crippen molar-refractivity contribution in [3.63, 3.8) is 0 Å². The van der Waals surface area contributed by atoms with E-state index in [9.17, 15) is 4.79 Å². The van der Waals surface area contributed by atoms with E-state index in [1.165, 1.54) is 9.75 Å². The van der Waals surface area contributed by atoms with Gasteiger partial charge in [-0.15, -0.1) is 11.3 Å². The smallest absolute Gasteiger partial charge is 0.255 e. The topological polar surface area (TPSA) is 54.0 Å². The minimum absolute atomic E-state index is 0.0884. The lowest BCUT2D eigenvalue weighted by Crippen LogP contribution is -2.34. The second kappa shape index (κ2) is 6.52. The van der Waals surface area contributed by atoms with Crippen molar-refractivity contribution in [1.29, 1.82) is 0 Å². The molecule has 5 heteroatoms. The molecule has 2 aromatic heterocycles. The maximum absolute atomic E-state index is 12.2. The van der Waals surface area contributed by atoms with E-state index < -0.39 is 0 Å². The first-order valence-corrected chi connectivity index (χ1v) is 7.40. The Kier molecular flexibility index (Phi) is 4.74. The number of nitrogens with one attached hydrogen (secondary N) is 2. The van der Waals surface area contributed by atoms with Crippen LogP contribution in [0.4, 0.5) is 5.82 Å². The average molecular weight is 289 g/mol. The van der Waals surface area contributed by atoms with Crippen molar-refractivity contribution in [2.45, 2.75) is 26.3 Å². The predicted octanol–water partition coefficient (Wildman–Crippen LogP) is 2.85. The van der Waals surface area contributed by atoms with Gasteiger partial charge in [-0.1, -0.05) is 0 Å². The maximum Gasteiger partial charge on any atom is 0.255 e. The minimum atomic E-state index is -0.0942. The summed E-state index contributed by atoms with van der Waals surface area (Å²) in [6.07, 6.45) is 2.51. The predicted molar refractivity (Wildman–Crippen MR) is 83.5 cm³/mol. The first kappa shape index (κ1) is 14.5. The van der Waals surface area contributed by atoms with Crippen molar-refractivity contribution in [3.05, 3.63) is 45.8 Å². The molecular weight excluding hydrogens is 270 g/mol. The van der Waals surface area contributed by atoms with E-state index in [1.54, 1.807) is 36.7 Å². The maximum atomic E-state index is 12.2. The molecule has 0 aliphatic heterocycles. The van der Waals surface area contributed by atoms with Crippen LogP contribution < -0.4 is 10.6 Å². The average Bonchev–Trinajstić information content (AvgIpc) is 2.83. The molecule has 0 bridgehead atoms. The van der Waals surface area contributed by atoms with Gasteiger partial charge in [0.2, 0.25) is 0 Å². The second-order valence-electron chi connectivity index (χ2n) is 4.74. The Balaban J connectivity index is 2.00. The molecule has 0 fully saturated rings. The third-order valence-electron chi connectivity index (χ3n) is 2.97. The summed E-state index contributed by atoms with van der Waals surface area (Å²) < 4.78 is 0. The van der Waals surface area contributed by atoms with Gasteiger partial charge in [0.05, 0.1) is 5.56 Å². The molecular formula is C15H19N3OS. The summed E-state index contributed by atoms with van der Waals surface area (Å²) in [4.78, 5) is 19.0. The van der Waals surface area contributed by atoms with E-state index in [0.29, 0.717) is 11.4 Å². The van der Waals surface area contributed by atoms with Crippen LogP contribution in [0.15, 0.2) is 30.5 Å². The second-order valence-corrected chi connectivity index (χ2v) is 6.11. The van der Waals surface area contributed by atoms with Crippen LogP contribution in [-0.2, 0) is 6.42 Å². The van der Waals surface area contributed by atoms with Crippen LogP contribution in [0.3, 0.4) is 0 Å². The molecule has 0 spiro atoms. The van der Waals surface area contributed by atoms with Crippen LogP contribution in [-0.4, -0.2) is 24.0 Å². The third-order valence-corrected chi connectivity index (χ3v) is 3.99. The van der Waals surface area contributed by atoms with Gasteiger partial charge >= 0.3 is 0 Å². The highest BCUT2D eigenvalue weighted by atomic mass is 32.1. The van der Waals surface area contributed by atoms with Crippen molar-refractivity contribution < 1.29 is 4.79 Å². The van der Waals surface area contributed by atoms with Crippen LogP contribution in [0, 0.1) is 6.92 Å². The summed E-state index contributed by atoms with van der Waals surface area (Å²) in [5.74, 6) is 0.507. The molecule has 0 aliphatic carbocycles. The molecule has 2 rings (SSSR count). The normalized spacial score (nSPS) is 11.9. The van der Waals surface area contributed by atoms with Crippen molar-refractivity contribution in [2.75, 3.05) is 12.4 Å². The number of hydrogen-bond acceptors (Lipinski definition) is 4. The number of nitrogens with zero attached hydrogens (tertiary/aromatic N) is 1. The van der Waals surface area contributed by atoms with Crippen molar-refractivity contribution >= 4 is 23.1 Å². The number of carbonyl (C=O) groups excluding carboxylic acids is 1. The number of thiophene rings is 1. The molecule has 0 aromatic carbocycles. The lowest BCUT2D eigenvalue weighted by Gasteiger charge is -2.14. The number of rotatable bonds is 5. The quantitative estimate of drug-likeness (QED) is 0.890. The minimum Gasteiger partial charge on any atom is -0.372 e. The fourth-order valence-corrected chi connectivity index (χ4v) is 3.06. The lowest BCUT2D eigenvalue weighted by molar-refractivity contribution is 0.0941. The largest absolute Gasteiger partial charge is 0.372 e. The molecule has 0 saturated carbocycles. The van der Waals surface area contributed by atoms with Gasteiger partial charge in [0.1, 0.15) is 5.82 Å². The van der Waals surface area contributed by atoms with Crippen molar-refractivity contribution in [3.8, 4) is 0 Å². The van der Waals surface area contributed by atoms with Gasteiger partial charge in [-0.2, -0.15) is 0 Å². The van der Waals surface area contributed by atoms with Gasteiger partial charge in [0, 0.05) is 35.5 Å². The highest BCUT2D eigenvalue weighted by Gasteiger charge is 2.14. The molecule has 1 unspecified atom stereocenters. The molecule has 4 nitrogen and oxygen atoms in total. The fraction of sp³-hybridized carbons (Fsp3) is 0.333. The Hall–Kier alpha value is -1.88. The summed E-state index contributed by atoms with van der Waals surface area (Å²) in [5, 5.41) is 5.95. The summed E-state index contributed by atoms with van der Waals surface area (Å²) >= 11 is 1.77. The van der Waals surface area contributed by atoms with Crippen LogP contribution >= 0.6 is 11.3 Å². The summed E-state index contributed by atoms with van der Waals surface area (Å²) in [6, 6.07) is 7.85. The van der Waals surface area contributed by atoms with Gasteiger partial charge in [-0.25, -0.2) is 4.98 Å². The summed E-state index contributed by atoms with van der Waals surface area (Å²) in [6.45, 7) is 4.11. The number of anilines is 1. The SMILES string of the molecule is CNc1ncccc1C(=O)NC(C)Cc1ccc(C)s1. The van der Waals surface area contributed by atoms with E-state index >= 15 is 0 Å². The van der Waals surface area contributed by atoms with Gasteiger partial charge < -0.3 is 10.6 Å². The summed E-state index contributed by atoms with van der Waals surface area (Å²) in [7, 11) is 1.76. The first-order chi connectivity index (χ1) is 9.60. The van der Waals surface area contributed by atoms with Gasteiger partial charge in [-0.3, -0.25) is 4.79 Å².